The van der Waals surface area contributed by atoms with E-state index in [1.807, 2.05) is 54.3 Å². The fourth-order valence-corrected chi connectivity index (χ4v) is 5.76. The van der Waals surface area contributed by atoms with Crippen LogP contribution >= 0.6 is 0 Å². The van der Waals surface area contributed by atoms with Crippen LogP contribution in [0.4, 0.5) is 5.69 Å². The van der Waals surface area contributed by atoms with Gasteiger partial charge in [-0.25, -0.2) is 8.42 Å². The van der Waals surface area contributed by atoms with Crippen molar-refractivity contribution in [2.24, 2.45) is 0 Å². The third kappa shape index (κ3) is 4.43. The molecule has 6 nitrogen and oxygen atoms in total. The van der Waals surface area contributed by atoms with Crippen LogP contribution in [0.3, 0.4) is 0 Å². The lowest BCUT2D eigenvalue weighted by Crippen LogP contribution is -2.53. The van der Waals surface area contributed by atoms with Crippen molar-refractivity contribution in [1.82, 2.24) is 9.21 Å². The van der Waals surface area contributed by atoms with E-state index in [0.29, 0.717) is 31.1 Å². The molecular formula is C23H29N3O3S. The first kappa shape index (κ1) is 21.0. The zero-order valence-corrected chi connectivity index (χ0v) is 18.2. The maximum absolute atomic E-state index is 13.2. The van der Waals surface area contributed by atoms with Crippen molar-refractivity contribution in [2.45, 2.75) is 43.5 Å². The maximum atomic E-state index is 13.2. The van der Waals surface area contributed by atoms with Gasteiger partial charge in [-0.2, -0.15) is 4.31 Å². The van der Waals surface area contributed by atoms with Crippen molar-refractivity contribution in [3.63, 3.8) is 0 Å². The fraction of sp³-hybridized carbons (Fsp3) is 0.435. The predicted molar refractivity (Wildman–Crippen MR) is 118 cm³/mol. The summed E-state index contributed by atoms with van der Waals surface area (Å²) in [7, 11) is -3.51. The number of carbonyl (C=O) groups is 1. The van der Waals surface area contributed by atoms with Crippen molar-refractivity contribution in [1.29, 1.82) is 0 Å². The molecule has 2 aromatic rings. The summed E-state index contributed by atoms with van der Waals surface area (Å²) in [5, 5.41) is 2.92. The number of sulfonamides is 1. The highest BCUT2D eigenvalue weighted by Gasteiger charge is 2.32. The molecule has 1 fully saturated rings. The number of carbonyl (C=O) groups excluding carboxylic acids is 1. The Morgan fingerprint density at radius 1 is 0.933 bits per heavy atom. The SMILES string of the molecule is C[C@H](C(=O)Nc1ccccc1)N1CCN(S(=O)(=O)c2ccc3c(c2)CCCC3)CC1. The Bertz CT molecular complexity index is 1000. The molecule has 1 amide bonds. The molecule has 1 saturated heterocycles. The summed E-state index contributed by atoms with van der Waals surface area (Å²) in [4.78, 5) is 15.0. The van der Waals surface area contributed by atoms with E-state index in [4.69, 9.17) is 0 Å². The van der Waals surface area contributed by atoms with Gasteiger partial charge >= 0.3 is 0 Å². The number of piperazine rings is 1. The van der Waals surface area contributed by atoms with Gasteiger partial charge in [0.05, 0.1) is 10.9 Å². The lowest BCUT2D eigenvalue weighted by molar-refractivity contribution is -0.121. The minimum atomic E-state index is -3.51. The molecule has 0 spiro atoms. The van der Waals surface area contributed by atoms with Crippen molar-refractivity contribution in [3.05, 3.63) is 59.7 Å². The molecule has 2 aromatic carbocycles. The number of anilines is 1. The van der Waals surface area contributed by atoms with Crippen LogP contribution in [-0.4, -0.2) is 55.8 Å². The molecule has 1 N–H and O–H groups in total. The Labute approximate surface area is 178 Å². The zero-order valence-electron chi connectivity index (χ0n) is 17.4. The third-order valence-electron chi connectivity index (χ3n) is 6.20. The van der Waals surface area contributed by atoms with Crippen LogP contribution in [0.2, 0.25) is 0 Å². The van der Waals surface area contributed by atoms with Gasteiger partial charge in [-0.1, -0.05) is 24.3 Å². The van der Waals surface area contributed by atoms with Crippen LogP contribution in [-0.2, 0) is 27.7 Å². The summed E-state index contributed by atoms with van der Waals surface area (Å²) in [6.45, 7) is 3.72. The second kappa shape index (κ2) is 8.88. The highest BCUT2D eigenvalue weighted by molar-refractivity contribution is 7.89. The van der Waals surface area contributed by atoms with Crippen LogP contribution in [0.1, 0.15) is 30.9 Å². The van der Waals surface area contributed by atoms with Crippen molar-refractivity contribution >= 4 is 21.6 Å². The zero-order chi connectivity index (χ0) is 21.1. The molecule has 0 saturated carbocycles. The van der Waals surface area contributed by atoms with E-state index in [9.17, 15) is 13.2 Å². The highest BCUT2D eigenvalue weighted by Crippen LogP contribution is 2.26. The van der Waals surface area contributed by atoms with Crippen LogP contribution in [0.5, 0.6) is 0 Å². The maximum Gasteiger partial charge on any atom is 0.243 e. The number of hydrogen-bond acceptors (Lipinski definition) is 4. The Kier molecular flexibility index (Phi) is 6.22. The molecule has 4 rings (SSSR count). The summed E-state index contributed by atoms with van der Waals surface area (Å²) in [6.07, 6.45) is 4.30. The topological polar surface area (TPSA) is 69.7 Å². The number of nitrogens with one attached hydrogen (secondary N) is 1. The fourth-order valence-electron chi connectivity index (χ4n) is 4.28. The summed E-state index contributed by atoms with van der Waals surface area (Å²) < 4.78 is 27.9. The summed E-state index contributed by atoms with van der Waals surface area (Å²) in [6, 6.07) is 14.7. The van der Waals surface area contributed by atoms with Gasteiger partial charge in [0.25, 0.3) is 0 Å². The number of aryl methyl sites for hydroxylation is 2. The van der Waals surface area contributed by atoms with E-state index >= 15 is 0 Å². The molecule has 2 aliphatic rings. The van der Waals surface area contributed by atoms with E-state index in [1.54, 1.807) is 10.4 Å². The van der Waals surface area contributed by atoms with E-state index in [1.165, 1.54) is 17.5 Å². The van der Waals surface area contributed by atoms with Gasteiger partial charge in [-0.3, -0.25) is 9.69 Å². The standard InChI is InChI=1S/C23H29N3O3S/c1-18(23(27)24-21-9-3-2-4-10-21)25-13-15-26(16-14-25)30(28,29)22-12-11-19-7-5-6-8-20(19)17-22/h2-4,9-12,17-18H,5-8,13-16H2,1H3,(H,24,27)/t18-/m1/s1. The molecule has 160 valence electrons. The second-order valence-electron chi connectivity index (χ2n) is 8.11. The number of para-hydroxylation sites is 1. The molecule has 1 atom stereocenters. The van der Waals surface area contributed by atoms with Gasteiger partial charge in [0, 0.05) is 31.9 Å². The van der Waals surface area contributed by atoms with Gasteiger partial charge in [-0.05, 0) is 68.0 Å². The highest BCUT2D eigenvalue weighted by atomic mass is 32.2. The van der Waals surface area contributed by atoms with Gasteiger partial charge in [0.2, 0.25) is 15.9 Å². The molecule has 7 heteroatoms. The Morgan fingerprint density at radius 2 is 1.60 bits per heavy atom. The number of benzene rings is 2. The molecule has 0 unspecified atom stereocenters. The molecular weight excluding hydrogens is 398 g/mol. The second-order valence-corrected chi connectivity index (χ2v) is 10.0. The quantitative estimate of drug-likeness (QED) is 0.797. The Balaban J connectivity index is 1.38. The molecule has 1 aliphatic heterocycles. The van der Waals surface area contributed by atoms with Gasteiger partial charge in [-0.15, -0.1) is 0 Å². The van der Waals surface area contributed by atoms with Gasteiger partial charge in [0.15, 0.2) is 0 Å². The monoisotopic (exact) mass is 427 g/mol. The summed E-state index contributed by atoms with van der Waals surface area (Å²) >= 11 is 0. The van der Waals surface area contributed by atoms with E-state index in [2.05, 4.69) is 5.32 Å². The minimum Gasteiger partial charge on any atom is -0.325 e. The smallest absolute Gasteiger partial charge is 0.243 e. The van der Waals surface area contributed by atoms with Crippen molar-refractivity contribution in [3.8, 4) is 0 Å². The third-order valence-corrected chi connectivity index (χ3v) is 8.09. The van der Waals surface area contributed by atoms with Crippen LogP contribution < -0.4 is 5.32 Å². The van der Waals surface area contributed by atoms with Crippen molar-refractivity contribution in [2.75, 3.05) is 31.5 Å². The minimum absolute atomic E-state index is 0.0767. The predicted octanol–water partition coefficient (Wildman–Crippen LogP) is 2.90. The number of fused-ring (bicyclic) bond motifs is 1. The largest absolute Gasteiger partial charge is 0.325 e. The first-order valence-corrected chi connectivity index (χ1v) is 12.1. The van der Waals surface area contributed by atoms with Crippen LogP contribution in [0.15, 0.2) is 53.4 Å². The van der Waals surface area contributed by atoms with E-state index in [-0.39, 0.29) is 11.9 Å². The van der Waals surface area contributed by atoms with Crippen molar-refractivity contribution < 1.29 is 13.2 Å². The normalized spacial score (nSPS) is 19.1. The van der Waals surface area contributed by atoms with Gasteiger partial charge in [0.1, 0.15) is 0 Å². The van der Waals surface area contributed by atoms with Gasteiger partial charge < -0.3 is 5.32 Å². The number of amides is 1. The lowest BCUT2D eigenvalue weighted by Gasteiger charge is -2.36. The van der Waals surface area contributed by atoms with Crippen LogP contribution in [0.25, 0.3) is 0 Å². The van der Waals surface area contributed by atoms with Crippen LogP contribution in [0, 0.1) is 0 Å². The average Bonchev–Trinajstić information content (AvgIpc) is 2.79. The average molecular weight is 428 g/mol. The van der Waals surface area contributed by atoms with E-state index in [0.717, 1.165) is 24.9 Å². The molecule has 0 bridgehead atoms. The van der Waals surface area contributed by atoms with E-state index < -0.39 is 10.0 Å². The number of nitrogens with zero attached hydrogens (tertiary/aromatic N) is 2. The summed E-state index contributed by atoms with van der Waals surface area (Å²) in [5.41, 5.74) is 3.22. The Morgan fingerprint density at radius 3 is 2.30 bits per heavy atom. The molecule has 0 aromatic heterocycles. The first-order chi connectivity index (χ1) is 14.4. The molecule has 1 aliphatic carbocycles. The Hall–Kier alpha value is -2.22. The number of rotatable bonds is 5. The molecule has 1 heterocycles. The summed E-state index contributed by atoms with van der Waals surface area (Å²) in [5.74, 6) is -0.0767. The lowest BCUT2D eigenvalue weighted by atomic mass is 9.92. The number of hydrogen-bond donors (Lipinski definition) is 1. The first-order valence-electron chi connectivity index (χ1n) is 10.7. The molecule has 30 heavy (non-hydrogen) atoms. The molecule has 0 radical (unpaired) electrons.